The number of carbonyl (C=O) groups excluding carboxylic acids is 2. The maximum Gasteiger partial charge on any atom is 0.190 e. The maximum atomic E-state index is 13.4. The Labute approximate surface area is 185 Å². The van der Waals surface area contributed by atoms with E-state index in [0.29, 0.717) is 6.42 Å². The standard InChI is InChI=1S/C26H38O5/c1-14-9-19-20-10-15(2)26(30,22(29)13-31-24(3,4)5)25(20,6)12-21(28)23(19)17-8-7-16(27)11-18(14)17/h7-8,11,14-15,17,19-21,23,28,30H,9-10,12-13H2,1-6H3/t14-,15+,17-,19-,20-,21-,23+,25-,26-/m0/s1. The number of carbonyl (C=O) groups is 2. The first-order valence-corrected chi connectivity index (χ1v) is 11.8. The molecule has 9 atom stereocenters. The summed E-state index contributed by atoms with van der Waals surface area (Å²) in [7, 11) is 0. The largest absolute Gasteiger partial charge is 0.393 e. The van der Waals surface area contributed by atoms with E-state index in [-0.39, 0.29) is 53.7 Å². The quantitative estimate of drug-likeness (QED) is 0.716. The average molecular weight is 431 g/mol. The Morgan fingerprint density at radius 1 is 1.26 bits per heavy atom. The second-order valence-electron chi connectivity index (χ2n) is 11.8. The van der Waals surface area contributed by atoms with Crippen LogP contribution in [0, 0.1) is 40.9 Å². The highest BCUT2D eigenvalue weighted by Crippen LogP contribution is 2.66. The van der Waals surface area contributed by atoms with E-state index in [1.165, 1.54) is 0 Å². The van der Waals surface area contributed by atoms with Gasteiger partial charge in [-0.05, 0) is 81.8 Å². The van der Waals surface area contributed by atoms with Crippen LogP contribution in [0.2, 0.25) is 0 Å². The maximum absolute atomic E-state index is 13.4. The lowest BCUT2D eigenvalue weighted by atomic mass is 9.48. The van der Waals surface area contributed by atoms with Crippen molar-refractivity contribution in [3.05, 3.63) is 23.8 Å². The molecule has 4 aliphatic carbocycles. The Balaban J connectivity index is 1.67. The molecule has 31 heavy (non-hydrogen) atoms. The molecule has 3 saturated carbocycles. The molecule has 2 N–H and O–H groups in total. The van der Waals surface area contributed by atoms with Crippen LogP contribution >= 0.6 is 0 Å². The molecule has 0 unspecified atom stereocenters. The van der Waals surface area contributed by atoms with E-state index in [4.69, 9.17) is 4.74 Å². The Morgan fingerprint density at radius 2 is 1.94 bits per heavy atom. The molecule has 0 saturated heterocycles. The molecule has 0 aromatic rings. The number of fused-ring (bicyclic) bond motifs is 5. The molecular formula is C26H38O5. The first-order chi connectivity index (χ1) is 14.3. The van der Waals surface area contributed by atoms with Crippen molar-refractivity contribution in [3.8, 4) is 0 Å². The van der Waals surface area contributed by atoms with E-state index in [1.54, 1.807) is 12.2 Å². The molecule has 4 aliphatic rings. The Kier molecular flexibility index (Phi) is 5.43. The Morgan fingerprint density at radius 3 is 2.58 bits per heavy atom. The molecule has 0 aromatic heterocycles. The number of hydrogen-bond acceptors (Lipinski definition) is 5. The van der Waals surface area contributed by atoms with E-state index < -0.39 is 22.7 Å². The van der Waals surface area contributed by atoms with Crippen molar-refractivity contribution in [2.24, 2.45) is 40.9 Å². The zero-order chi connectivity index (χ0) is 22.9. The van der Waals surface area contributed by atoms with Crippen molar-refractivity contribution in [1.82, 2.24) is 0 Å². The Hall–Kier alpha value is -1.30. The number of hydrogen-bond donors (Lipinski definition) is 2. The van der Waals surface area contributed by atoms with Crippen LogP contribution in [0.3, 0.4) is 0 Å². The third-order valence-corrected chi connectivity index (χ3v) is 8.93. The summed E-state index contributed by atoms with van der Waals surface area (Å²) in [6.07, 6.45) is 6.77. The third-order valence-electron chi connectivity index (χ3n) is 8.93. The summed E-state index contributed by atoms with van der Waals surface area (Å²) in [6.45, 7) is 11.7. The van der Waals surface area contributed by atoms with Gasteiger partial charge in [-0.2, -0.15) is 0 Å². The van der Waals surface area contributed by atoms with Gasteiger partial charge in [0, 0.05) is 11.3 Å². The summed E-state index contributed by atoms with van der Waals surface area (Å²) in [4.78, 5) is 25.3. The van der Waals surface area contributed by atoms with Gasteiger partial charge in [-0.15, -0.1) is 0 Å². The van der Waals surface area contributed by atoms with Crippen LogP contribution < -0.4 is 0 Å². The highest BCUT2D eigenvalue weighted by molar-refractivity contribution is 6.01. The van der Waals surface area contributed by atoms with Gasteiger partial charge in [0.2, 0.25) is 0 Å². The molecule has 3 fully saturated rings. The van der Waals surface area contributed by atoms with Crippen molar-refractivity contribution >= 4 is 11.6 Å². The van der Waals surface area contributed by atoms with Crippen LogP contribution in [0.1, 0.15) is 60.8 Å². The summed E-state index contributed by atoms with van der Waals surface area (Å²) < 4.78 is 5.75. The number of ether oxygens (including phenoxy) is 1. The number of ketones is 2. The first kappa shape index (κ1) is 22.9. The lowest BCUT2D eigenvalue weighted by Gasteiger charge is -2.57. The minimum absolute atomic E-state index is 0.0278. The zero-order valence-electron chi connectivity index (χ0n) is 19.7. The van der Waals surface area contributed by atoms with E-state index in [0.717, 1.165) is 18.4 Å². The predicted octanol–water partition coefficient (Wildman–Crippen LogP) is 3.48. The zero-order valence-corrected chi connectivity index (χ0v) is 19.7. The second-order valence-corrected chi connectivity index (χ2v) is 11.8. The number of aliphatic hydroxyl groups is 2. The number of rotatable bonds is 3. The molecule has 0 heterocycles. The van der Waals surface area contributed by atoms with E-state index in [1.807, 2.05) is 40.7 Å². The van der Waals surface area contributed by atoms with Crippen molar-refractivity contribution in [1.29, 1.82) is 0 Å². The van der Waals surface area contributed by atoms with Crippen LogP contribution in [0.25, 0.3) is 0 Å². The molecule has 172 valence electrons. The van der Waals surface area contributed by atoms with Crippen molar-refractivity contribution in [3.63, 3.8) is 0 Å². The minimum Gasteiger partial charge on any atom is -0.393 e. The molecule has 0 amide bonds. The minimum atomic E-state index is -1.51. The molecule has 0 spiro atoms. The Bertz CT molecular complexity index is 835. The predicted molar refractivity (Wildman–Crippen MR) is 118 cm³/mol. The summed E-state index contributed by atoms with van der Waals surface area (Å²) >= 11 is 0. The monoisotopic (exact) mass is 430 g/mol. The molecule has 0 aliphatic heterocycles. The van der Waals surface area contributed by atoms with E-state index in [2.05, 4.69) is 6.92 Å². The van der Waals surface area contributed by atoms with Gasteiger partial charge < -0.3 is 14.9 Å². The lowest BCUT2D eigenvalue weighted by molar-refractivity contribution is -0.184. The fourth-order valence-electron chi connectivity index (χ4n) is 7.53. The molecule has 4 rings (SSSR count). The number of aliphatic hydroxyl groups excluding tert-OH is 1. The molecule has 5 heteroatoms. The van der Waals surface area contributed by atoms with Crippen molar-refractivity contribution in [2.75, 3.05) is 6.61 Å². The van der Waals surface area contributed by atoms with Crippen LogP contribution in [-0.2, 0) is 14.3 Å². The summed E-state index contributed by atoms with van der Waals surface area (Å²) in [5, 5.41) is 23.3. The second kappa shape index (κ2) is 7.36. The van der Waals surface area contributed by atoms with Gasteiger partial charge in [-0.25, -0.2) is 0 Å². The summed E-state index contributed by atoms with van der Waals surface area (Å²) in [5.41, 5.74) is -1.53. The topological polar surface area (TPSA) is 83.8 Å². The number of Topliss-reactive ketones (excluding diaryl/α,β-unsaturated/α-hetero) is 1. The van der Waals surface area contributed by atoms with Gasteiger partial charge in [0.1, 0.15) is 12.2 Å². The first-order valence-electron chi connectivity index (χ1n) is 11.8. The van der Waals surface area contributed by atoms with Gasteiger partial charge in [-0.1, -0.05) is 32.4 Å². The molecule has 0 bridgehead atoms. The molecule has 0 aromatic carbocycles. The van der Waals surface area contributed by atoms with Gasteiger partial charge in [0.05, 0.1) is 11.7 Å². The van der Waals surface area contributed by atoms with E-state index >= 15 is 0 Å². The summed E-state index contributed by atoms with van der Waals surface area (Å²) in [6, 6.07) is 0. The molecule has 5 nitrogen and oxygen atoms in total. The highest BCUT2D eigenvalue weighted by Gasteiger charge is 2.69. The SMILES string of the molecule is C[C@@H]1C[C@H]2[C@@H]3C[C@H](C)C4=CC(=O)C=C[C@@H]4[C@H]3[C@@H](O)C[C@]2(C)[C@@]1(O)C(=O)COC(C)(C)C. The van der Waals surface area contributed by atoms with Crippen molar-refractivity contribution in [2.45, 2.75) is 78.1 Å². The van der Waals surface area contributed by atoms with Crippen LogP contribution in [0.4, 0.5) is 0 Å². The van der Waals surface area contributed by atoms with E-state index in [9.17, 15) is 19.8 Å². The smallest absolute Gasteiger partial charge is 0.190 e. The van der Waals surface area contributed by atoms with Gasteiger partial charge >= 0.3 is 0 Å². The van der Waals surface area contributed by atoms with Crippen LogP contribution in [-0.4, -0.2) is 45.7 Å². The van der Waals surface area contributed by atoms with Crippen LogP contribution in [0.5, 0.6) is 0 Å². The highest BCUT2D eigenvalue weighted by atomic mass is 16.5. The molecule has 0 radical (unpaired) electrons. The third kappa shape index (κ3) is 3.39. The fourth-order valence-corrected chi connectivity index (χ4v) is 7.53. The normalized spacial score (nSPS) is 46.8. The average Bonchev–Trinajstić information content (AvgIpc) is 2.87. The molecular weight excluding hydrogens is 392 g/mol. The summed E-state index contributed by atoms with van der Waals surface area (Å²) in [5.74, 6) is 0.262. The van der Waals surface area contributed by atoms with Gasteiger partial charge in [0.25, 0.3) is 0 Å². The van der Waals surface area contributed by atoms with Crippen LogP contribution in [0.15, 0.2) is 23.8 Å². The van der Waals surface area contributed by atoms with Crippen molar-refractivity contribution < 1.29 is 24.5 Å². The van der Waals surface area contributed by atoms with Gasteiger partial charge in [0.15, 0.2) is 11.6 Å². The fraction of sp³-hybridized carbons (Fsp3) is 0.769. The lowest BCUT2D eigenvalue weighted by Crippen LogP contribution is -2.62. The number of allylic oxidation sites excluding steroid dienone is 4. The van der Waals surface area contributed by atoms with Gasteiger partial charge in [-0.3, -0.25) is 9.59 Å².